The number of likely N-dealkylation sites (N-methyl/N-ethyl adjacent to an activating group) is 1. The molecule has 0 unspecified atom stereocenters. The van der Waals surface area contributed by atoms with E-state index in [4.69, 9.17) is 0 Å². The first-order chi connectivity index (χ1) is 13.8. The van der Waals surface area contributed by atoms with Crippen LogP contribution in [0.2, 0.25) is 0 Å². The second-order valence-corrected chi connectivity index (χ2v) is 9.83. The lowest BCUT2D eigenvalue weighted by Crippen LogP contribution is -2.64. The van der Waals surface area contributed by atoms with E-state index in [1.165, 1.54) is 16.4 Å². The molecule has 2 fully saturated rings. The number of hydrogen-bond donors (Lipinski definition) is 0. The van der Waals surface area contributed by atoms with Gasteiger partial charge in [0.2, 0.25) is 15.9 Å². The summed E-state index contributed by atoms with van der Waals surface area (Å²) in [5, 5.41) is 0. The van der Waals surface area contributed by atoms with Crippen LogP contribution in [-0.4, -0.2) is 62.3 Å². The molecule has 1 amide bonds. The van der Waals surface area contributed by atoms with Crippen molar-refractivity contribution in [2.75, 3.05) is 38.1 Å². The summed E-state index contributed by atoms with van der Waals surface area (Å²) in [6.07, 6.45) is 0.622. The molecular formula is C21H24FN3O3S. The van der Waals surface area contributed by atoms with Crippen molar-refractivity contribution in [1.29, 1.82) is 0 Å². The van der Waals surface area contributed by atoms with Crippen molar-refractivity contribution in [1.82, 2.24) is 9.21 Å². The maximum atomic E-state index is 13.7. The van der Waals surface area contributed by atoms with E-state index in [2.05, 4.69) is 0 Å². The minimum absolute atomic E-state index is 0.0415. The highest BCUT2D eigenvalue weighted by Gasteiger charge is 2.50. The molecule has 0 radical (unpaired) electrons. The van der Waals surface area contributed by atoms with Crippen molar-refractivity contribution in [2.24, 2.45) is 0 Å². The van der Waals surface area contributed by atoms with Gasteiger partial charge in [-0.1, -0.05) is 36.4 Å². The third kappa shape index (κ3) is 3.92. The van der Waals surface area contributed by atoms with Gasteiger partial charge in [-0.25, -0.2) is 12.8 Å². The Morgan fingerprint density at radius 1 is 1.07 bits per heavy atom. The molecule has 6 nitrogen and oxygen atoms in total. The number of anilines is 1. The number of carbonyl (C=O) groups is 1. The molecule has 29 heavy (non-hydrogen) atoms. The molecule has 8 heteroatoms. The van der Waals surface area contributed by atoms with Gasteiger partial charge in [0.05, 0.1) is 17.8 Å². The quantitative estimate of drug-likeness (QED) is 0.764. The smallest absolute Gasteiger partial charge is 0.241 e. The standard InChI is InChI=1S/C21H24FN3O3S/c1-23-13-20(26)25(19-9-5-8-18(22)12-19)16-21(23)10-11-24(15-21)29(27,28)14-17-6-3-2-4-7-17/h2-9,12H,10-11,13-16H2,1H3/t21-/m0/s1. The predicted molar refractivity (Wildman–Crippen MR) is 109 cm³/mol. The lowest BCUT2D eigenvalue weighted by Gasteiger charge is -2.46. The average Bonchev–Trinajstić information content (AvgIpc) is 3.12. The van der Waals surface area contributed by atoms with Crippen LogP contribution in [0.1, 0.15) is 12.0 Å². The van der Waals surface area contributed by atoms with Gasteiger partial charge >= 0.3 is 0 Å². The van der Waals surface area contributed by atoms with Crippen molar-refractivity contribution < 1.29 is 17.6 Å². The van der Waals surface area contributed by atoms with Crippen molar-refractivity contribution in [3.63, 3.8) is 0 Å². The summed E-state index contributed by atoms with van der Waals surface area (Å²) >= 11 is 0. The molecule has 0 N–H and O–H groups in total. The zero-order valence-electron chi connectivity index (χ0n) is 16.3. The summed E-state index contributed by atoms with van der Waals surface area (Å²) in [6, 6.07) is 15.1. The van der Waals surface area contributed by atoms with E-state index in [-0.39, 0.29) is 18.2 Å². The molecule has 2 aromatic rings. The molecule has 4 rings (SSSR count). The van der Waals surface area contributed by atoms with E-state index in [0.717, 1.165) is 5.56 Å². The molecule has 2 aromatic carbocycles. The summed E-state index contributed by atoms with van der Waals surface area (Å²) in [5.74, 6) is -0.559. The van der Waals surface area contributed by atoms with E-state index in [1.807, 2.05) is 30.1 Å². The molecular weight excluding hydrogens is 393 g/mol. The zero-order chi connectivity index (χ0) is 20.6. The average molecular weight is 418 g/mol. The number of hydrogen-bond acceptors (Lipinski definition) is 4. The minimum Gasteiger partial charge on any atom is -0.309 e. The molecule has 0 aromatic heterocycles. The third-order valence-corrected chi connectivity index (χ3v) is 7.73. The molecule has 2 heterocycles. The van der Waals surface area contributed by atoms with Crippen LogP contribution < -0.4 is 4.90 Å². The van der Waals surface area contributed by atoms with Crippen LogP contribution in [0, 0.1) is 5.82 Å². The number of halogens is 1. The van der Waals surface area contributed by atoms with E-state index < -0.39 is 21.4 Å². The maximum absolute atomic E-state index is 13.7. The minimum atomic E-state index is -3.47. The fraction of sp³-hybridized carbons (Fsp3) is 0.381. The van der Waals surface area contributed by atoms with Gasteiger partial charge in [-0.05, 0) is 37.2 Å². The molecule has 2 aliphatic rings. The van der Waals surface area contributed by atoms with Crippen molar-refractivity contribution in [2.45, 2.75) is 17.7 Å². The Kier molecular flexibility index (Phi) is 5.18. The molecule has 154 valence electrons. The second kappa shape index (κ2) is 7.51. The second-order valence-electron chi connectivity index (χ2n) is 7.87. The number of amides is 1. The highest BCUT2D eigenvalue weighted by Crippen LogP contribution is 2.35. The van der Waals surface area contributed by atoms with Gasteiger partial charge in [-0.15, -0.1) is 0 Å². The molecule has 1 spiro atoms. The first kappa shape index (κ1) is 20.0. The predicted octanol–water partition coefficient (Wildman–Crippen LogP) is 2.08. The summed E-state index contributed by atoms with van der Waals surface area (Å²) in [6.45, 7) is 1.23. The topological polar surface area (TPSA) is 60.9 Å². The van der Waals surface area contributed by atoms with Gasteiger partial charge in [0.1, 0.15) is 5.82 Å². The Hall–Kier alpha value is -2.29. The molecule has 2 aliphatic heterocycles. The van der Waals surface area contributed by atoms with E-state index >= 15 is 0 Å². The van der Waals surface area contributed by atoms with Crippen LogP contribution in [0.15, 0.2) is 54.6 Å². The highest BCUT2D eigenvalue weighted by atomic mass is 32.2. The highest BCUT2D eigenvalue weighted by molar-refractivity contribution is 7.88. The Labute approximate surface area is 170 Å². The van der Waals surface area contributed by atoms with Crippen molar-refractivity contribution in [3.05, 3.63) is 66.0 Å². The molecule has 0 bridgehead atoms. The van der Waals surface area contributed by atoms with Crippen LogP contribution >= 0.6 is 0 Å². The molecule has 2 saturated heterocycles. The fourth-order valence-electron chi connectivity index (χ4n) is 4.21. The lowest BCUT2D eigenvalue weighted by molar-refractivity contribution is -0.123. The Morgan fingerprint density at radius 2 is 1.83 bits per heavy atom. The van der Waals surface area contributed by atoms with Crippen molar-refractivity contribution >= 4 is 21.6 Å². The van der Waals surface area contributed by atoms with Gasteiger partial charge < -0.3 is 4.90 Å². The summed E-state index contributed by atoms with van der Waals surface area (Å²) in [5.41, 5.74) is 0.777. The fourth-order valence-corrected chi connectivity index (χ4v) is 5.81. The first-order valence-electron chi connectivity index (χ1n) is 9.58. The Bertz CT molecular complexity index is 1010. The van der Waals surface area contributed by atoms with E-state index in [9.17, 15) is 17.6 Å². The van der Waals surface area contributed by atoms with Crippen molar-refractivity contribution in [3.8, 4) is 0 Å². The number of piperazine rings is 1. The maximum Gasteiger partial charge on any atom is 0.241 e. The van der Waals surface area contributed by atoms with Crippen LogP contribution in [0.4, 0.5) is 10.1 Å². The molecule has 1 atom stereocenters. The number of nitrogens with zero attached hydrogens (tertiary/aromatic N) is 3. The number of benzene rings is 2. The van der Waals surface area contributed by atoms with Gasteiger partial charge in [0.15, 0.2) is 0 Å². The first-order valence-corrected chi connectivity index (χ1v) is 11.2. The SMILES string of the molecule is CN1CC(=O)N(c2cccc(F)c2)C[C@@]12CCN(S(=O)(=O)Cc1ccccc1)C2. The number of sulfonamides is 1. The van der Waals surface area contributed by atoms with Gasteiger partial charge in [-0.3, -0.25) is 9.69 Å². The number of carbonyl (C=O) groups excluding carboxylic acids is 1. The summed E-state index contributed by atoms with van der Waals surface area (Å²) < 4.78 is 41.2. The normalized spacial score (nSPS) is 23.8. The van der Waals surface area contributed by atoms with E-state index in [1.54, 1.807) is 29.2 Å². The summed E-state index contributed by atoms with van der Waals surface area (Å²) in [7, 11) is -1.62. The monoisotopic (exact) mass is 417 g/mol. The Balaban J connectivity index is 1.55. The van der Waals surface area contributed by atoms with Crippen LogP contribution in [0.25, 0.3) is 0 Å². The van der Waals surface area contributed by atoms with Crippen LogP contribution in [-0.2, 0) is 20.6 Å². The number of rotatable bonds is 4. The van der Waals surface area contributed by atoms with Crippen LogP contribution in [0.5, 0.6) is 0 Å². The molecule has 0 aliphatic carbocycles. The van der Waals surface area contributed by atoms with Gasteiger partial charge in [0, 0.05) is 25.3 Å². The van der Waals surface area contributed by atoms with E-state index in [0.29, 0.717) is 31.7 Å². The van der Waals surface area contributed by atoms with Gasteiger partial charge in [0.25, 0.3) is 0 Å². The Morgan fingerprint density at radius 3 is 2.55 bits per heavy atom. The van der Waals surface area contributed by atoms with Gasteiger partial charge in [-0.2, -0.15) is 4.31 Å². The largest absolute Gasteiger partial charge is 0.309 e. The molecule has 0 saturated carbocycles. The summed E-state index contributed by atoms with van der Waals surface area (Å²) in [4.78, 5) is 16.1. The van der Waals surface area contributed by atoms with Crippen LogP contribution in [0.3, 0.4) is 0 Å². The zero-order valence-corrected chi connectivity index (χ0v) is 17.1. The lowest BCUT2D eigenvalue weighted by atomic mass is 9.92. The third-order valence-electron chi connectivity index (χ3n) is 5.94.